The predicted octanol–water partition coefficient (Wildman–Crippen LogP) is 4.67. The van der Waals surface area contributed by atoms with E-state index in [1.165, 1.54) is 23.1 Å². The maximum absolute atomic E-state index is 13.9. The number of amides is 1. The SMILES string of the molecule is CC(C)(N)C(=O)N1CCn2c(nc(-c3cccc(F)c3)c2Nc2ccc(F)cc2C(F)(F)F)C1. The molecule has 3 N–H and O–H groups in total. The number of nitrogens with two attached hydrogens (primary N) is 1. The molecule has 6 nitrogen and oxygen atoms in total. The highest BCUT2D eigenvalue weighted by Crippen LogP contribution is 2.39. The summed E-state index contributed by atoms with van der Waals surface area (Å²) < 4.78 is 70.0. The first kappa shape index (κ1) is 23.7. The molecule has 1 aromatic heterocycles. The molecule has 0 aliphatic carbocycles. The third-order valence-corrected chi connectivity index (χ3v) is 5.45. The van der Waals surface area contributed by atoms with Crippen molar-refractivity contribution in [2.75, 3.05) is 11.9 Å². The third-order valence-electron chi connectivity index (χ3n) is 5.45. The van der Waals surface area contributed by atoms with Gasteiger partial charge in [0.1, 0.15) is 29.0 Å². The summed E-state index contributed by atoms with van der Waals surface area (Å²) in [6, 6.07) is 7.78. The summed E-state index contributed by atoms with van der Waals surface area (Å²) in [6.45, 7) is 3.68. The van der Waals surface area contributed by atoms with E-state index in [4.69, 9.17) is 5.73 Å². The average molecular weight is 479 g/mol. The summed E-state index contributed by atoms with van der Waals surface area (Å²) in [7, 11) is 0. The lowest BCUT2D eigenvalue weighted by Gasteiger charge is -2.33. The van der Waals surface area contributed by atoms with E-state index in [0.717, 1.165) is 12.1 Å². The van der Waals surface area contributed by atoms with Gasteiger partial charge in [-0.1, -0.05) is 12.1 Å². The van der Waals surface area contributed by atoms with Gasteiger partial charge in [-0.3, -0.25) is 4.79 Å². The van der Waals surface area contributed by atoms with Crippen molar-refractivity contribution >= 4 is 17.4 Å². The van der Waals surface area contributed by atoms with Gasteiger partial charge in [0.2, 0.25) is 5.91 Å². The van der Waals surface area contributed by atoms with Crippen LogP contribution in [-0.4, -0.2) is 32.4 Å². The zero-order valence-electron chi connectivity index (χ0n) is 18.4. The molecule has 0 atom stereocenters. The van der Waals surface area contributed by atoms with Gasteiger partial charge in [-0.15, -0.1) is 0 Å². The van der Waals surface area contributed by atoms with Gasteiger partial charge in [-0.05, 0) is 44.2 Å². The molecule has 0 spiro atoms. The number of hydrogen-bond acceptors (Lipinski definition) is 4. The Morgan fingerprint density at radius 1 is 1.06 bits per heavy atom. The van der Waals surface area contributed by atoms with E-state index >= 15 is 0 Å². The number of carbonyl (C=O) groups excluding carboxylic acids is 1. The summed E-state index contributed by atoms with van der Waals surface area (Å²) in [6.07, 6.45) is -4.82. The van der Waals surface area contributed by atoms with Gasteiger partial charge in [0, 0.05) is 18.7 Å². The number of halogens is 5. The molecule has 0 unspecified atom stereocenters. The Labute approximate surface area is 192 Å². The van der Waals surface area contributed by atoms with Crippen LogP contribution in [0, 0.1) is 11.6 Å². The van der Waals surface area contributed by atoms with Crippen LogP contribution >= 0.6 is 0 Å². The largest absolute Gasteiger partial charge is 0.418 e. The van der Waals surface area contributed by atoms with Gasteiger partial charge >= 0.3 is 6.18 Å². The van der Waals surface area contributed by atoms with Crippen molar-refractivity contribution in [2.45, 2.75) is 38.7 Å². The van der Waals surface area contributed by atoms with Gasteiger partial charge < -0.3 is 20.5 Å². The summed E-state index contributed by atoms with van der Waals surface area (Å²) in [5.41, 5.74) is 3.79. The van der Waals surface area contributed by atoms with Crippen molar-refractivity contribution in [2.24, 2.45) is 5.73 Å². The summed E-state index contributed by atoms with van der Waals surface area (Å²) in [4.78, 5) is 18.7. The van der Waals surface area contributed by atoms with E-state index in [-0.39, 0.29) is 42.7 Å². The second-order valence-corrected chi connectivity index (χ2v) is 8.65. The Hall–Kier alpha value is -3.47. The number of rotatable bonds is 4. The summed E-state index contributed by atoms with van der Waals surface area (Å²) >= 11 is 0. The van der Waals surface area contributed by atoms with Crippen LogP contribution in [0.4, 0.5) is 33.5 Å². The van der Waals surface area contributed by atoms with Crippen LogP contribution in [0.15, 0.2) is 42.5 Å². The molecule has 2 aromatic carbocycles. The fourth-order valence-corrected chi connectivity index (χ4v) is 3.86. The van der Waals surface area contributed by atoms with Crippen molar-refractivity contribution in [1.29, 1.82) is 0 Å². The molecule has 0 saturated heterocycles. The molecule has 34 heavy (non-hydrogen) atoms. The molecular formula is C23H22F5N5O. The molecule has 0 saturated carbocycles. The van der Waals surface area contributed by atoms with Crippen LogP contribution in [0.3, 0.4) is 0 Å². The number of alkyl halides is 3. The molecule has 0 radical (unpaired) electrons. The first-order valence-corrected chi connectivity index (χ1v) is 10.4. The molecular weight excluding hydrogens is 457 g/mol. The number of nitrogens with one attached hydrogen (secondary N) is 1. The quantitative estimate of drug-likeness (QED) is 0.534. The van der Waals surface area contributed by atoms with Crippen molar-refractivity contribution in [3.63, 3.8) is 0 Å². The average Bonchev–Trinajstić information content (AvgIpc) is 3.10. The molecule has 1 amide bonds. The van der Waals surface area contributed by atoms with Crippen molar-refractivity contribution < 1.29 is 26.7 Å². The highest BCUT2D eigenvalue weighted by Gasteiger charge is 2.36. The van der Waals surface area contributed by atoms with Crippen LogP contribution < -0.4 is 11.1 Å². The fraction of sp³-hybridized carbons (Fsp3) is 0.304. The Kier molecular flexibility index (Phi) is 5.84. The van der Waals surface area contributed by atoms with Crippen molar-refractivity contribution in [1.82, 2.24) is 14.5 Å². The van der Waals surface area contributed by atoms with Crippen LogP contribution in [0.25, 0.3) is 11.3 Å². The maximum atomic E-state index is 13.9. The molecule has 3 aromatic rings. The first-order valence-electron chi connectivity index (χ1n) is 10.4. The highest BCUT2D eigenvalue weighted by molar-refractivity contribution is 5.85. The minimum Gasteiger partial charge on any atom is -0.339 e. The second-order valence-electron chi connectivity index (χ2n) is 8.65. The van der Waals surface area contributed by atoms with Crippen LogP contribution in [-0.2, 0) is 24.1 Å². The normalized spacial score (nSPS) is 14.2. The number of carbonyl (C=O) groups is 1. The van der Waals surface area contributed by atoms with Crippen LogP contribution in [0.1, 0.15) is 25.2 Å². The zero-order chi connectivity index (χ0) is 24.8. The van der Waals surface area contributed by atoms with Crippen LogP contribution in [0.2, 0.25) is 0 Å². The number of hydrogen-bond donors (Lipinski definition) is 2. The van der Waals surface area contributed by atoms with E-state index in [1.54, 1.807) is 24.5 Å². The Morgan fingerprint density at radius 3 is 2.41 bits per heavy atom. The topological polar surface area (TPSA) is 76.2 Å². The van der Waals surface area contributed by atoms with E-state index in [9.17, 15) is 26.7 Å². The van der Waals surface area contributed by atoms with E-state index in [1.807, 2.05) is 0 Å². The van der Waals surface area contributed by atoms with Crippen LogP contribution in [0.5, 0.6) is 0 Å². The number of imidazole rings is 1. The van der Waals surface area contributed by atoms with Crippen molar-refractivity contribution in [3.8, 4) is 11.3 Å². The lowest BCUT2D eigenvalue weighted by Crippen LogP contribution is -2.52. The highest BCUT2D eigenvalue weighted by atomic mass is 19.4. The molecule has 0 bridgehead atoms. The van der Waals surface area contributed by atoms with Gasteiger partial charge in [0.05, 0.1) is 23.3 Å². The van der Waals surface area contributed by atoms with E-state index < -0.39 is 28.9 Å². The molecule has 4 rings (SSSR count). The molecule has 1 aliphatic heterocycles. The second kappa shape index (κ2) is 8.39. The third kappa shape index (κ3) is 4.60. The number of fused-ring (bicyclic) bond motifs is 1. The Bertz CT molecular complexity index is 1250. The monoisotopic (exact) mass is 479 g/mol. The van der Waals surface area contributed by atoms with Gasteiger partial charge in [-0.25, -0.2) is 13.8 Å². The van der Waals surface area contributed by atoms with E-state index in [2.05, 4.69) is 10.3 Å². The zero-order valence-corrected chi connectivity index (χ0v) is 18.4. The summed E-state index contributed by atoms with van der Waals surface area (Å²) in [5, 5.41) is 2.74. The minimum atomic E-state index is -4.82. The van der Waals surface area contributed by atoms with Gasteiger partial charge in [0.25, 0.3) is 0 Å². The Morgan fingerprint density at radius 2 is 1.76 bits per heavy atom. The van der Waals surface area contributed by atoms with E-state index in [0.29, 0.717) is 17.5 Å². The number of nitrogens with zero attached hydrogens (tertiary/aromatic N) is 3. The maximum Gasteiger partial charge on any atom is 0.418 e. The molecule has 11 heteroatoms. The van der Waals surface area contributed by atoms with Gasteiger partial charge in [0.15, 0.2) is 0 Å². The standard InChI is InChI=1S/C23H22F5N5O/c1-22(2,29)21(34)32-8-9-33-18(12-32)31-19(13-4-3-5-14(24)10-13)20(33)30-17-7-6-15(25)11-16(17)23(26,27)28/h3-7,10-11,30H,8-9,12,29H2,1-2H3. The van der Waals surface area contributed by atoms with Gasteiger partial charge in [-0.2, -0.15) is 13.2 Å². The summed E-state index contributed by atoms with van der Waals surface area (Å²) in [5.74, 6) is -1.31. The number of benzene rings is 2. The minimum absolute atomic E-state index is 0.0685. The predicted molar refractivity (Wildman–Crippen MR) is 116 cm³/mol. The number of anilines is 2. The molecule has 2 heterocycles. The Balaban J connectivity index is 1.82. The lowest BCUT2D eigenvalue weighted by atomic mass is 10.1. The lowest BCUT2D eigenvalue weighted by molar-refractivity contribution is -0.138. The molecule has 180 valence electrons. The fourth-order valence-electron chi connectivity index (χ4n) is 3.86. The first-order chi connectivity index (χ1) is 15.8. The molecule has 0 fully saturated rings. The van der Waals surface area contributed by atoms with Crippen molar-refractivity contribution in [3.05, 3.63) is 65.5 Å². The number of aromatic nitrogens is 2. The smallest absolute Gasteiger partial charge is 0.339 e. The molecule has 1 aliphatic rings.